The zero-order chi connectivity index (χ0) is 10.6. The Hall–Kier alpha value is -0.790. The van der Waals surface area contributed by atoms with E-state index < -0.39 is 0 Å². The van der Waals surface area contributed by atoms with Crippen LogP contribution in [-0.4, -0.2) is 13.1 Å². The molecule has 0 bridgehead atoms. The number of ether oxygens (including phenoxy) is 1. The first kappa shape index (κ1) is 13.2. The molecule has 0 aliphatic rings. The van der Waals surface area contributed by atoms with E-state index in [0.717, 1.165) is 12.8 Å². The van der Waals surface area contributed by atoms with Crippen LogP contribution in [0.15, 0.2) is 12.2 Å². The van der Waals surface area contributed by atoms with Crippen molar-refractivity contribution < 1.29 is 9.53 Å². The molecular weight excluding hydrogens is 176 g/mol. The van der Waals surface area contributed by atoms with Crippen LogP contribution in [0.25, 0.3) is 0 Å². The number of hydrogen-bond acceptors (Lipinski definition) is 2. The van der Waals surface area contributed by atoms with E-state index in [1.54, 1.807) is 0 Å². The van der Waals surface area contributed by atoms with Crippen LogP contribution < -0.4 is 0 Å². The van der Waals surface area contributed by atoms with E-state index in [1.807, 2.05) is 0 Å². The summed E-state index contributed by atoms with van der Waals surface area (Å²) in [5.41, 5.74) is 0. The molecule has 82 valence electrons. The molecule has 0 N–H and O–H groups in total. The highest BCUT2D eigenvalue weighted by atomic mass is 16.5. The number of allylic oxidation sites excluding steroid dienone is 2. The quantitative estimate of drug-likeness (QED) is 0.339. The molecule has 0 aliphatic carbocycles. The van der Waals surface area contributed by atoms with Gasteiger partial charge < -0.3 is 4.74 Å². The zero-order valence-electron chi connectivity index (χ0n) is 9.42. The highest BCUT2D eigenvalue weighted by molar-refractivity contribution is 5.69. The highest BCUT2D eigenvalue weighted by Crippen LogP contribution is 2.03. The number of hydrogen-bond donors (Lipinski definition) is 0. The molecule has 0 spiro atoms. The lowest BCUT2D eigenvalue weighted by Crippen LogP contribution is -1.97. The smallest absolute Gasteiger partial charge is 0.305 e. The zero-order valence-corrected chi connectivity index (χ0v) is 9.42. The van der Waals surface area contributed by atoms with Crippen molar-refractivity contribution in [3.05, 3.63) is 12.2 Å². The van der Waals surface area contributed by atoms with E-state index in [1.165, 1.54) is 32.8 Å². The van der Waals surface area contributed by atoms with Gasteiger partial charge in [-0.1, -0.05) is 38.3 Å². The minimum atomic E-state index is -0.124. The third-order valence-electron chi connectivity index (χ3n) is 2.13. The van der Waals surface area contributed by atoms with Crippen molar-refractivity contribution in [2.45, 2.75) is 51.9 Å². The predicted molar refractivity (Wildman–Crippen MR) is 59.1 cm³/mol. The van der Waals surface area contributed by atoms with Crippen LogP contribution in [0.4, 0.5) is 0 Å². The van der Waals surface area contributed by atoms with Gasteiger partial charge in [0.05, 0.1) is 7.11 Å². The van der Waals surface area contributed by atoms with Crippen molar-refractivity contribution in [3.63, 3.8) is 0 Å². The van der Waals surface area contributed by atoms with Crippen molar-refractivity contribution >= 4 is 5.97 Å². The van der Waals surface area contributed by atoms with Crippen molar-refractivity contribution in [1.82, 2.24) is 0 Å². The van der Waals surface area contributed by atoms with Crippen LogP contribution in [0.1, 0.15) is 51.9 Å². The molecule has 0 heterocycles. The lowest BCUT2D eigenvalue weighted by Gasteiger charge is -1.95. The van der Waals surface area contributed by atoms with Gasteiger partial charge in [-0.2, -0.15) is 0 Å². The van der Waals surface area contributed by atoms with E-state index in [2.05, 4.69) is 23.8 Å². The second-order valence-corrected chi connectivity index (χ2v) is 3.44. The van der Waals surface area contributed by atoms with E-state index in [9.17, 15) is 4.79 Å². The fourth-order valence-corrected chi connectivity index (χ4v) is 1.23. The van der Waals surface area contributed by atoms with Crippen LogP contribution in [0.5, 0.6) is 0 Å². The Bertz CT molecular complexity index is 162. The highest BCUT2D eigenvalue weighted by Gasteiger charge is 1.95. The Morgan fingerprint density at radius 3 is 2.50 bits per heavy atom. The van der Waals surface area contributed by atoms with Gasteiger partial charge in [0.1, 0.15) is 0 Å². The summed E-state index contributed by atoms with van der Waals surface area (Å²) in [7, 11) is 1.43. The van der Waals surface area contributed by atoms with Crippen LogP contribution >= 0.6 is 0 Å². The molecule has 0 aromatic heterocycles. The lowest BCUT2D eigenvalue weighted by atomic mass is 10.1. The molecule has 0 amide bonds. The number of rotatable bonds is 8. The van der Waals surface area contributed by atoms with Crippen molar-refractivity contribution in [2.24, 2.45) is 0 Å². The molecule has 0 radical (unpaired) electrons. The largest absolute Gasteiger partial charge is 0.469 e. The van der Waals surface area contributed by atoms with Gasteiger partial charge in [-0.3, -0.25) is 4.79 Å². The van der Waals surface area contributed by atoms with Gasteiger partial charge >= 0.3 is 5.97 Å². The SMILES string of the molecule is CCCCCC/C=C/CCC(=O)OC. The first-order chi connectivity index (χ1) is 6.81. The second-order valence-electron chi connectivity index (χ2n) is 3.44. The number of esters is 1. The van der Waals surface area contributed by atoms with E-state index >= 15 is 0 Å². The molecule has 0 rings (SSSR count). The van der Waals surface area contributed by atoms with Crippen LogP contribution in [0.3, 0.4) is 0 Å². The number of methoxy groups -OCH3 is 1. The summed E-state index contributed by atoms with van der Waals surface area (Å²) in [6.07, 6.45) is 11.9. The monoisotopic (exact) mass is 198 g/mol. The maximum Gasteiger partial charge on any atom is 0.305 e. The summed E-state index contributed by atoms with van der Waals surface area (Å²) >= 11 is 0. The van der Waals surface area contributed by atoms with Gasteiger partial charge in [-0.25, -0.2) is 0 Å². The normalized spacial score (nSPS) is 10.7. The lowest BCUT2D eigenvalue weighted by molar-refractivity contribution is -0.140. The molecule has 0 aromatic rings. The second kappa shape index (κ2) is 10.3. The van der Waals surface area contributed by atoms with Crippen molar-refractivity contribution in [1.29, 1.82) is 0 Å². The van der Waals surface area contributed by atoms with Crippen LogP contribution in [-0.2, 0) is 9.53 Å². The standard InChI is InChI=1S/C12H22O2/c1-3-4-5-6-7-8-9-10-11-12(13)14-2/h8-9H,3-7,10-11H2,1-2H3/b9-8+. The Morgan fingerprint density at radius 1 is 1.14 bits per heavy atom. The van der Waals surface area contributed by atoms with E-state index in [4.69, 9.17) is 0 Å². The Morgan fingerprint density at radius 2 is 1.86 bits per heavy atom. The maximum absolute atomic E-state index is 10.7. The summed E-state index contributed by atoms with van der Waals surface area (Å²) in [6.45, 7) is 2.21. The van der Waals surface area contributed by atoms with E-state index in [-0.39, 0.29) is 5.97 Å². The Balaban J connectivity index is 3.15. The third-order valence-corrected chi connectivity index (χ3v) is 2.13. The molecule has 0 unspecified atom stereocenters. The van der Waals surface area contributed by atoms with Gasteiger partial charge in [-0.05, 0) is 19.3 Å². The first-order valence-electron chi connectivity index (χ1n) is 5.53. The Labute approximate surface area is 87.3 Å². The molecule has 0 aliphatic heterocycles. The molecule has 0 saturated heterocycles. The Kier molecular flexibility index (Phi) is 9.71. The van der Waals surface area contributed by atoms with Gasteiger partial charge in [0, 0.05) is 6.42 Å². The molecule has 2 nitrogen and oxygen atoms in total. The van der Waals surface area contributed by atoms with Crippen LogP contribution in [0.2, 0.25) is 0 Å². The summed E-state index contributed by atoms with van der Waals surface area (Å²) in [6, 6.07) is 0. The number of carbonyl (C=O) groups excluding carboxylic acids is 1. The fraction of sp³-hybridized carbons (Fsp3) is 0.750. The molecular formula is C12H22O2. The summed E-state index contributed by atoms with van der Waals surface area (Å²) < 4.78 is 4.54. The molecule has 14 heavy (non-hydrogen) atoms. The fourth-order valence-electron chi connectivity index (χ4n) is 1.23. The summed E-state index contributed by atoms with van der Waals surface area (Å²) in [5, 5.41) is 0. The van der Waals surface area contributed by atoms with Crippen molar-refractivity contribution in [2.75, 3.05) is 7.11 Å². The van der Waals surface area contributed by atoms with Gasteiger partial charge in [-0.15, -0.1) is 0 Å². The number of unbranched alkanes of at least 4 members (excludes halogenated alkanes) is 4. The third kappa shape index (κ3) is 9.30. The predicted octanol–water partition coefficient (Wildman–Crippen LogP) is 3.47. The van der Waals surface area contributed by atoms with Gasteiger partial charge in [0.2, 0.25) is 0 Å². The number of carbonyl (C=O) groups is 1. The first-order valence-corrected chi connectivity index (χ1v) is 5.53. The summed E-state index contributed by atoms with van der Waals surface area (Å²) in [5.74, 6) is -0.124. The topological polar surface area (TPSA) is 26.3 Å². The van der Waals surface area contributed by atoms with Crippen LogP contribution in [0, 0.1) is 0 Å². The molecule has 0 saturated carbocycles. The minimum Gasteiger partial charge on any atom is -0.469 e. The molecule has 0 aromatic carbocycles. The average Bonchev–Trinajstić information content (AvgIpc) is 2.21. The van der Waals surface area contributed by atoms with Gasteiger partial charge in [0.15, 0.2) is 0 Å². The van der Waals surface area contributed by atoms with Crippen molar-refractivity contribution in [3.8, 4) is 0 Å². The minimum absolute atomic E-state index is 0.124. The van der Waals surface area contributed by atoms with E-state index in [0.29, 0.717) is 6.42 Å². The maximum atomic E-state index is 10.7. The molecule has 0 fully saturated rings. The summed E-state index contributed by atoms with van der Waals surface area (Å²) in [4.78, 5) is 10.7. The molecule has 2 heteroatoms. The average molecular weight is 198 g/mol. The van der Waals surface area contributed by atoms with Gasteiger partial charge in [0.25, 0.3) is 0 Å². The molecule has 0 atom stereocenters.